The number of halogens is 2. The highest BCUT2D eigenvalue weighted by Gasteiger charge is 2.24. The molecule has 42 valence electrons. The minimum Gasteiger partial charge on any atom is -0.324 e. The summed E-state index contributed by atoms with van der Waals surface area (Å²) in [6.45, 7) is 0. The zero-order valence-corrected chi connectivity index (χ0v) is 4.54. The summed E-state index contributed by atoms with van der Waals surface area (Å²) >= 11 is 0. The van der Waals surface area contributed by atoms with Gasteiger partial charge in [-0.25, -0.2) is 4.39 Å². The molecule has 0 aromatic carbocycles. The molecule has 1 fully saturated rings. The quantitative estimate of drug-likeness (QED) is 0.511. The number of hydrogen-bond acceptors (Lipinski definition) is 1. The van der Waals surface area contributed by atoms with Crippen molar-refractivity contribution in [2.24, 2.45) is 5.73 Å². The lowest BCUT2D eigenvalue weighted by atomic mass is 10.7. The van der Waals surface area contributed by atoms with Crippen LogP contribution in [0, 0.1) is 0 Å². The summed E-state index contributed by atoms with van der Waals surface area (Å²) in [6.07, 6.45) is 1.35. The fourth-order valence-corrected chi connectivity index (χ4v) is 0.320. The second-order valence-corrected chi connectivity index (χ2v) is 1.49. The fraction of sp³-hybridized carbons (Fsp3) is 0.500. The number of rotatable bonds is 0. The highest BCUT2D eigenvalue weighted by molar-refractivity contribution is 5.85. The molecule has 0 spiro atoms. The summed E-state index contributed by atoms with van der Waals surface area (Å²) in [5.74, 6) is 0. The molecule has 1 unspecified atom stereocenters. The van der Waals surface area contributed by atoms with Crippen molar-refractivity contribution in [3.8, 4) is 0 Å². The maximum atomic E-state index is 11.2. The van der Waals surface area contributed by atoms with E-state index in [0.717, 1.165) is 12.0 Å². The van der Waals surface area contributed by atoms with E-state index in [2.05, 4.69) is 0 Å². The van der Waals surface area contributed by atoms with Gasteiger partial charge in [0.1, 0.15) is 0 Å². The molecular weight excluding hydrogens is 117 g/mol. The van der Waals surface area contributed by atoms with Gasteiger partial charge in [0.2, 0.25) is 0 Å². The van der Waals surface area contributed by atoms with Crippen LogP contribution >= 0.6 is 12.4 Å². The molecule has 1 aliphatic carbocycles. The van der Waals surface area contributed by atoms with E-state index in [1.165, 1.54) is 0 Å². The first-order chi connectivity index (χ1) is 2.84. The van der Waals surface area contributed by atoms with Crippen LogP contribution < -0.4 is 5.73 Å². The summed E-state index contributed by atoms with van der Waals surface area (Å²) in [7, 11) is 0. The van der Waals surface area contributed by atoms with E-state index in [9.17, 15) is 4.39 Å². The van der Waals surface area contributed by atoms with Gasteiger partial charge in [0.25, 0.3) is 0 Å². The number of nitrogens with two attached hydrogens (primary N) is 1. The molecule has 1 rings (SSSR count). The summed E-state index contributed by atoms with van der Waals surface area (Å²) in [5.41, 5.74) is 5.91. The van der Waals surface area contributed by atoms with Crippen molar-refractivity contribution >= 4 is 12.4 Å². The van der Waals surface area contributed by atoms with Gasteiger partial charge in [-0.15, -0.1) is 12.4 Å². The van der Waals surface area contributed by atoms with Gasteiger partial charge in [-0.3, -0.25) is 0 Å². The first-order valence-corrected chi connectivity index (χ1v) is 1.89. The maximum absolute atomic E-state index is 11.2. The van der Waals surface area contributed by atoms with Gasteiger partial charge >= 0.3 is 0 Å². The lowest BCUT2D eigenvalue weighted by Crippen LogP contribution is -1.95. The van der Waals surface area contributed by atoms with Gasteiger partial charge in [-0.1, -0.05) is 0 Å². The number of hydrogen-bond donors (Lipinski definition) is 1. The molecule has 0 radical (unpaired) electrons. The van der Waals surface area contributed by atoms with E-state index >= 15 is 0 Å². The normalized spacial score (nSPS) is 32.3. The smallest absolute Gasteiger partial charge is 0.0875 e. The van der Waals surface area contributed by atoms with Crippen LogP contribution in [0.4, 0.5) is 4.39 Å². The van der Waals surface area contributed by atoms with E-state index in [-0.39, 0.29) is 18.4 Å². The third-order valence-corrected chi connectivity index (χ3v) is 0.912. The van der Waals surface area contributed by atoms with Crippen molar-refractivity contribution in [2.45, 2.75) is 12.5 Å². The molecular formula is C4H7ClFN. The third-order valence-electron chi connectivity index (χ3n) is 0.912. The second kappa shape index (κ2) is 2.28. The van der Waals surface area contributed by atoms with Crippen molar-refractivity contribution < 1.29 is 4.39 Å². The highest BCUT2D eigenvalue weighted by atomic mass is 35.5. The Hall–Kier alpha value is -0.0800. The summed E-state index contributed by atoms with van der Waals surface area (Å²) in [6, 6.07) is 0.0509. The topological polar surface area (TPSA) is 26.0 Å². The van der Waals surface area contributed by atoms with Gasteiger partial charge in [-0.05, 0) is 12.0 Å². The fourth-order valence-electron chi connectivity index (χ4n) is 0.320. The zero-order valence-electron chi connectivity index (χ0n) is 3.73. The highest BCUT2D eigenvalue weighted by Crippen LogP contribution is 2.25. The van der Waals surface area contributed by atoms with Gasteiger partial charge in [0, 0.05) is 6.04 Å². The predicted octanol–water partition coefficient (Wildman–Crippen LogP) is 0.993. The van der Waals surface area contributed by atoms with Crippen molar-refractivity contribution in [3.63, 3.8) is 0 Å². The minimum atomic E-state index is 0. The minimum absolute atomic E-state index is 0. The first kappa shape index (κ1) is 6.92. The SMILES string of the molecule is Cl.NC1C/C1=C\F. The van der Waals surface area contributed by atoms with E-state index in [1.807, 2.05) is 0 Å². The molecule has 2 N–H and O–H groups in total. The summed E-state index contributed by atoms with van der Waals surface area (Å²) in [4.78, 5) is 0. The van der Waals surface area contributed by atoms with Gasteiger partial charge < -0.3 is 5.73 Å². The van der Waals surface area contributed by atoms with Crippen molar-refractivity contribution in [1.82, 2.24) is 0 Å². The molecule has 0 aliphatic heterocycles. The van der Waals surface area contributed by atoms with Crippen LogP contribution in [0.15, 0.2) is 11.9 Å². The van der Waals surface area contributed by atoms with Gasteiger partial charge in [0.05, 0.1) is 6.33 Å². The van der Waals surface area contributed by atoms with Gasteiger partial charge in [0.15, 0.2) is 0 Å². The largest absolute Gasteiger partial charge is 0.324 e. The molecule has 0 heterocycles. The molecule has 1 atom stereocenters. The molecule has 7 heavy (non-hydrogen) atoms. The maximum Gasteiger partial charge on any atom is 0.0875 e. The van der Waals surface area contributed by atoms with Crippen molar-refractivity contribution in [1.29, 1.82) is 0 Å². The summed E-state index contributed by atoms with van der Waals surface area (Å²) in [5, 5.41) is 0. The molecule has 0 aromatic heterocycles. The predicted molar refractivity (Wildman–Crippen MR) is 29.0 cm³/mol. The lowest BCUT2D eigenvalue weighted by molar-refractivity contribution is 0.716. The lowest BCUT2D eigenvalue weighted by Gasteiger charge is -1.64. The van der Waals surface area contributed by atoms with Crippen LogP contribution in [-0.2, 0) is 0 Å². The molecule has 0 amide bonds. The Kier molecular flexibility index (Phi) is 2.26. The van der Waals surface area contributed by atoms with E-state index in [4.69, 9.17) is 5.73 Å². The Morgan fingerprint density at radius 2 is 2.29 bits per heavy atom. The van der Waals surface area contributed by atoms with Crippen LogP contribution in [0.2, 0.25) is 0 Å². The molecule has 0 bridgehead atoms. The van der Waals surface area contributed by atoms with Crippen LogP contribution in [0.1, 0.15) is 6.42 Å². The Bertz CT molecular complexity index is 91.7. The Balaban J connectivity index is 0.000000360. The monoisotopic (exact) mass is 123 g/mol. The molecule has 0 saturated heterocycles. The molecule has 1 aliphatic rings. The van der Waals surface area contributed by atoms with E-state index in [1.54, 1.807) is 0 Å². The van der Waals surface area contributed by atoms with Gasteiger partial charge in [-0.2, -0.15) is 0 Å². The third kappa shape index (κ3) is 1.45. The van der Waals surface area contributed by atoms with Crippen LogP contribution in [-0.4, -0.2) is 6.04 Å². The van der Waals surface area contributed by atoms with E-state index in [0.29, 0.717) is 6.33 Å². The van der Waals surface area contributed by atoms with Crippen LogP contribution in [0.25, 0.3) is 0 Å². The van der Waals surface area contributed by atoms with Crippen LogP contribution in [0.3, 0.4) is 0 Å². The zero-order chi connectivity index (χ0) is 4.57. The standard InChI is InChI=1S/C4H6FN.ClH/c5-2-3-1-4(3)6;/h2,4H,1,6H2;1H/b3-2+;. The summed E-state index contributed by atoms with van der Waals surface area (Å²) < 4.78 is 11.2. The first-order valence-electron chi connectivity index (χ1n) is 1.89. The van der Waals surface area contributed by atoms with Crippen molar-refractivity contribution in [3.05, 3.63) is 11.9 Å². The van der Waals surface area contributed by atoms with Crippen LogP contribution in [0.5, 0.6) is 0 Å². The Labute approximate surface area is 47.8 Å². The van der Waals surface area contributed by atoms with E-state index < -0.39 is 0 Å². The Morgan fingerprint density at radius 3 is 2.29 bits per heavy atom. The average Bonchev–Trinajstić information content (AvgIpc) is 2.19. The molecule has 1 nitrogen and oxygen atoms in total. The molecule has 1 saturated carbocycles. The second-order valence-electron chi connectivity index (χ2n) is 1.49. The Morgan fingerprint density at radius 1 is 1.86 bits per heavy atom. The van der Waals surface area contributed by atoms with Crippen molar-refractivity contribution in [2.75, 3.05) is 0 Å². The average molecular weight is 124 g/mol. The molecule has 0 aromatic rings. The molecule has 3 heteroatoms.